The average molecular weight is 252 g/mol. The van der Waals surface area contributed by atoms with E-state index < -0.39 is 0 Å². The Labute approximate surface area is 118 Å². The minimum atomic E-state index is 0.881. The lowest BCUT2D eigenvalue weighted by Gasteiger charge is -2.20. The zero-order chi connectivity index (χ0) is 13.8. The Bertz CT molecular complexity index is 165. The van der Waals surface area contributed by atoms with E-state index in [9.17, 15) is 0 Å². The summed E-state index contributed by atoms with van der Waals surface area (Å²) in [7, 11) is 2.45. The predicted octanol–water partition coefficient (Wildman–Crippen LogP) is 5.62. The molecule has 0 N–H and O–H groups in total. The molecule has 0 bridgehead atoms. The zero-order valence-electron chi connectivity index (χ0n) is 13.8. The summed E-state index contributed by atoms with van der Waals surface area (Å²) in [4.78, 5) is 0. The smallest absolute Gasteiger partial charge is 0.0697 e. The minimum Gasteiger partial charge on any atom is -0.0697 e. The Morgan fingerprint density at radius 2 is 1.28 bits per heavy atom. The Morgan fingerprint density at radius 3 is 1.78 bits per heavy atom. The van der Waals surface area contributed by atoms with Crippen LogP contribution in [0, 0.1) is 11.8 Å². The van der Waals surface area contributed by atoms with E-state index in [0.717, 1.165) is 17.7 Å². The van der Waals surface area contributed by atoms with Crippen molar-refractivity contribution in [2.75, 3.05) is 0 Å². The van der Waals surface area contributed by atoms with E-state index in [2.05, 4.69) is 35.5 Å². The van der Waals surface area contributed by atoms with Crippen molar-refractivity contribution in [3.63, 3.8) is 0 Å². The first-order chi connectivity index (χ1) is 8.61. The largest absolute Gasteiger partial charge is 0.105 e. The molecule has 0 aliphatic heterocycles. The normalized spacial score (nSPS) is 14.9. The molecule has 0 saturated heterocycles. The maximum absolute atomic E-state index is 2.45. The van der Waals surface area contributed by atoms with E-state index in [1.54, 1.807) is 0 Å². The van der Waals surface area contributed by atoms with Crippen molar-refractivity contribution in [3.05, 3.63) is 0 Å². The summed E-state index contributed by atoms with van der Waals surface area (Å²) in [6, 6.07) is 0. The van der Waals surface area contributed by atoms with Gasteiger partial charge in [0.1, 0.15) is 7.85 Å². The highest BCUT2D eigenvalue weighted by molar-refractivity contribution is 6.11. The number of unbranched alkanes of at least 4 members (excludes halogenated alkanes) is 3. The molecule has 0 rings (SSSR count). The van der Waals surface area contributed by atoms with Gasteiger partial charge in [-0.1, -0.05) is 97.7 Å². The van der Waals surface area contributed by atoms with Crippen LogP contribution in [0.4, 0.5) is 0 Å². The minimum absolute atomic E-state index is 0.881. The fourth-order valence-corrected chi connectivity index (χ4v) is 2.97. The second kappa shape index (κ2) is 12.1. The molecule has 0 fully saturated rings. The van der Waals surface area contributed by atoms with Crippen LogP contribution in [0.15, 0.2) is 0 Å². The highest BCUT2D eigenvalue weighted by Gasteiger charge is 2.12. The lowest BCUT2D eigenvalue weighted by atomic mass is 9.78. The van der Waals surface area contributed by atoms with E-state index in [1.807, 2.05) is 0 Å². The number of hydrogen-bond acceptors (Lipinski definition) is 0. The summed E-state index contributed by atoms with van der Waals surface area (Å²) in [5.74, 6) is 2.82. The van der Waals surface area contributed by atoms with E-state index in [-0.39, 0.29) is 0 Å². The van der Waals surface area contributed by atoms with E-state index in [0.29, 0.717) is 0 Å². The van der Waals surface area contributed by atoms with Crippen LogP contribution in [0.1, 0.15) is 91.9 Å². The molecule has 1 heteroatoms. The molecule has 0 aromatic heterocycles. The van der Waals surface area contributed by atoms with Crippen molar-refractivity contribution in [3.8, 4) is 0 Å². The van der Waals surface area contributed by atoms with Crippen molar-refractivity contribution >= 4 is 7.85 Å². The molecule has 0 saturated carbocycles. The van der Waals surface area contributed by atoms with E-state index in [1.165, 1.54) is 64.2 Å². The molecule has 0 aliphatic rings. The Kier molecular flexibility index (Phi) is 12.2. The molecule has 0 spiro atoms. The van der Waals surface area contributed by atoms with E-state index in [4.69, 9.17) is 0 Å². The second-order valence-corrected chi connectivity index (χ2v) is 6.68. The second-order valence-electron chi connectivity index (χ2n) is 6.68. The van der Waals surface area contributed by atoms with Gasteiger partial charge in [0.05, 0.1) is 0 Å². The molecule has 108 valence electrons. The van der Waals surface area contributed by atoms with Gasteiger partial charge in [0.25, 0.3) is 0 Å². The van der Waals surface area contributed by atoms with Gasteiger partial charge in [-0.2, -0.15) is 0 Å². The molecule has 0 nitrogen and oxygen atoms in total. The van der Waals surface area contributed by atoms with Crippen molar-refractivity contribution in [1.29, 1.82) is 0 Å². The molecular weight excluding hydrogens is 215 g/mol. The molecule has 0 heterocycles. The number of rotatable bonds is 12. The molecule has 18 heavy (non-hydrogen) atoms. The Hall–Kier alpha value is 0.0649. The topological polar surface area (TPSA) is 0 Å². The maximum Gasteiger partial charge on any atom is 0.105 e. The highest BCUT2D eigenvalue weighted by atomic mass is 14.2. The zero-order valence-corrected chi connectivity index (χ0v) is 13.8. The summed E-state index contributed by atoms with van der Waals surface area (Å²) >= 11 is 0. The van der Waals surface area contributed by atoms with Crippen LogP contribution in [0.25, 0.3) is 0 Å². The molecule has 0 amide bonds. The quantitative estimate of drug-likeness (QED) is 0.312. The monoisotopic (exact) mass is 252 g/mol. The van der Waals surface area contributed by atoms with Crippen molar-refractivity contribution in [2.24, 2.45) is 11.8 Å². The molecule has 0 radical (unpaired) electrons. The van der Waals surface area contributed by atoms with Crippen molar-refractivity contribution in [2.45, 2.75) is 97.7 Å². The summed E-state index contributed by atoms with van der Waals surface area (Å²) in [6.07, 6.45) is 14.3. The summed E-state index contributed by atoms with van der Waals surface area (Å²) < 4.78 is 0. The lowest BCUT2D eigenvalue weighted by Crippen LogP contribution is -2.08. The van der Waals surface area contributed by atoms with Gasteiger partial charge in [-0.15, -0.1) is 0 Å². The summed E-state index contributed by atoms with van der Waals surface area (Å²) in [5, 5.41) is 0. The van der Waals surface area contributed by atoms with Crippen LogP contribution in [0.5, 0.6) is 0 Å². The average Bonchev–Trinajstić information content (AvgIpc) is 2.33. The number of hydrogen-bond donors (Lipinski definition) is 0. The molecule has 2 atom stereocenters. The van der Waals surface area contributed by atoms with Gasteiger partial charge >= 0.3 is 0 Å². The standard InChI is InChI=1S/C17H37B/c1-5-7-8-13-17(18)14-10-9-12-16(11-6-2)15(3)4/h15-17H,5-14,18H2,1-4H3. The van der Waals surface area contributed by atoms with Gasteiger partial charge in [0.15, 0.2) is 0 Å². The molecule has 0 aromatic rings. The molecular formula is C17H37B. The Balaban J connectivity index is 3.52. The van der Waals surface area contributed by atoms with Gasteiger partial charge in [0, 0.05) is 0 Å². The highest BCUT2D eigenvalue weighted by Crippen LogP contribution is 2.25. The van der Waals surface area contributed by atoms with Crippen molar-refractivity contribution < 1.29 is 0 Å². The van der Waals surface area contributed by atoms with Crippen LogP contribution >= 0.6 is 0 Å². The fraction of sp³-hybridized carbons (Fsp3) is 1.00. The SMILES string of the molecule is BC(CCCCC)CCCCC(CCC)C(C)C. The Morgan fingerprint density at radius 1 is 0.722 bits per heavy atom. The van der Waals surface area contributed by atoms with Crippen LogP contribution in [-0.4, -0.2) is 7.85 Å². The molecule has 0 aromatic carbocycles. The maximum atomic E-state index is 2.45. The third-order valence-corrected chi connectivity index (χ3v) is 4.42. The summed E-state index contributed by atoms with van der Waals surface area (Å²) in [5.41, 5.74) is 0. The third kappa shape index (κ3) is 10.0. The summed E-state index contributed by atoms with van der Waals surface area (Å²) in [6.45, 7) is 9.41. The molecule has 2 unspecified atom stereocenters. The van der Waals surface area contributed by atoms with Gasteiger partial charge in [-0.25, -0.2) is 0 Å². The van der Waals surface area contributed by atoms with E-state index >= 15 is 0 Å². The predicted molar refractivity (Wildman–Crippen MR) is 88.1 cm³/mol. The van der Waals surface area contributed by atoms with Gasteiger partial charge in [0.2, 0.25) is 0 Å². The van der Waals surface area contributed by atoms with Crippen LogP contribution < -0.4 is 0 Å². The first-order valence-corrected chi connectivity index (χ1v) is 8.61. The van der Waals surface area contributed by atoms with Crippen LogP contribution in [0.2, 0.25) is 5.82 Å². The third-order valence-electron chi connectivity index (χ3n) is 4.42. The van der Waals surface area contributed by atoms with Crippen LogP contribution in [-0.2, 0) is 0 Å². The first kappa shape index (κ1) is 18.1. The van der Waals surface area contributed by atoms with Gasteiger partial charge < -0.3 is 0 Å². The fourth-order valence-electron chi connectivity index (χ4n) is 2.97. The van der Waals surface area contributed by atoms with Crippen LogP contribution in [0.3, 0.4) is 0 Å². The molecule has 0 aliphatic carbocycles. The first-order valence-electron chi connectivity index (χ1n) is 8.61. The van der Waals surface area contributed by atoms with Gasteiger partial charge in [-0.3, -0.25) is 0 Å². The van der Waals surface area contributed by atoms with Gasteiger partial charge in [-0.05, 0) is 11.8 Å². The van der Waals surface area contributed by atoms with Crippen molar-refractivity contribution in [1.82, 2.24) is 0 Å². The lowest BCUT2D eigenvalue weighted by molar-refractivity contribution is 0.321.